The Morgan fingerprint density at radius 3 is 2.64 bits per heavy atom. The van der Waals surface area contributed by atoms with E-state index in [0.29, 0.717) is 35.6 Å². The lowest BCUT2D eigenvalue weighted by molar-refractivity contribution is -0.139. The topological polar surface area (TPSA) is 125 Å². The fourth-order valence-electron chi connectivity index (χ4n) is 4.02. The first-order valence-electron chi connectivity index (χ1n) is 11.5. The Morgan fingerprint density at radius 2 is 1.97 bits per heavy atom. The molecule has 2 aromatic heterocycles. The minimum atomic E-state index is -1.14. The number of H-pyrrole nitrogens is 1. The van der Waals surface area contributed by atoms with Gasteiger partial charge < -0.3 is 25.3 Å². The highest BCUT2D eigenvalue weighted by molar-refractivity contribution is 5.99. The standard InChI is InChI=1S/C26H27FN6O3/c1-3-18-12-19(27)10-16(2)23(18)24(34)32-22(25(35)36)11-17-4-6-21(7-5-17)33-14-20(31-15-33)13-30-26-28-8-9-29-26/h4-10,12,14-15,22H,3,11,13H2,1-2H3,(H,32,34)(H,35,36)(H2,28,29,30). The predicted octanol–water partition coefficient (Wildman–Crippen LogP) is 3.64. The van der Waals surface area contributed by atoms with Crippen molar-refractivity contribution < 1.29 is 19.1 Å². The van der Waals surface area contributed by atoms with Gasteiger partial charge in [-0.3, -0.25) is 4.79 Å². The number of amides is 1. The van der Waals surface area contributed by atoms with Gasteiger partial charge in [-0.05, 0) is 54.3 Å². The molecule has 1 unspecified atom stereocenters. The summed E-state index contributed by atoms with van der Waals surface area (Å²) in [6.07, 6.45) is 7.54. The summed E-state index contributed by atoms with van der Waals surface area (Å²) >= 11 is 0. The first kappa shape index (κ1) is 24.6. The lowest BCUT2D eigenvalue weighted by Gasteiger charge is -2.18. The molecule has 0 saturated heterocycles. The number of nitrogens with one attached hydrogen (secondary N) is 3. The number of carbonyl (C=O) groups is 2. The number of imidazole rings is 2. The van der Waals surface area contributed by atoms with Crippen LogP contribution in [0.5, 0.6) is 0 Å². The molecule has 0 spiro atoms. The Balaban J connectivity index is 1.42. The highest BCUT2D eigenvalue weighted by Gasteiger charge is 2.24. The number of benzene rings is 2. The largest absolute Gasteiger partial charge is 0.480 e. The lowest BCUT2D eigenvalue weighted by atomic mass is 9.98. The van der Waals surface area contributed by atoms with Gasteiger partial charge in [-0.2, -0.15) is 0 Å². The van der Waals surface area contributed by atoms with Gasteiger partial charge >= 0.3 is 5.97 Å². The molecule has 10 heteroatoms. The van der Waals surface area contributed by atoms with Crippen molar-refractivity contribution in [2.24, 2.45) is 0 Å². The van der Waals surface area contributed by atoms with Gasteiger partial charge in [0.25, 0.3) is 5.91 Å². The zero-order valence-electron chi connectivity index (χ0n) is 20.0. The Hall–Kier alpha value is -4.47. The van der Waals surface area contributed by atoms with Crippen LogP contribution in [0.2, 0.25) is 0 Å². The average molecular weight is 491 g/mol. The molecule has 1 amide bonds. The monoisotopic (exact) mass is 490 g/mol. The highest BCUT2D eigenvalue weighted by atomic mass is 19.1. The highest BCUT2D eigenvalue weighted by Crippen LogP contribution is 2.18. The Bertz CT molecular complexity index is 1350. The molecule has 186 valence electrons. The van der Waals surface area contributed by atoms with Gasteiger partial charge in [0.15, 0.2) is 5.95 Å². The van der Waals surface area contributed by atoms with Crippen molar-refractivity contribution in [1.82, 2.24) is 24.8 Å². The van der Waals surface area contributed by atoms with Crippen LogP contribution in [0.3, 0.4) is 0 Å². The number of aryl methyl sites for hydroxylation is 2. The van der Waals surface area contributed by atoms with Gasteiger partial charge in [-0.15, -0.1) is 0 Å². The van der Waals surface area contributed by atoms with E-state index in [1.807, 2.05) is 42.0 Å². The third-order valence-corrected chi connectivity index (χ3v) is 5.84. The van der Waals surface area contributed by atoms with Crippen molar-refractivity contribution in [2.75, 3.05) is 5.32 Å². The zero-order chi connectivity index (χ0) is 25.7. The number of aromatic nitrogens is 4. The van der Waals surface area contributed by atoms with Crippen molar-refractivity contribution in [3.05, 3.63) is 95.1 Å². The number of aromatic amines is 1. The molecular formula is C26H27FN6O3. The first-order valence-corrected chi connectivity index (χ1v) is 11.5. The third kappa shape index (κ3) is 5.77. The second-order valence-electron chi connectivity index (χ2n) is 8.41. The second kappa shape index (κ2) is 10.9. The van der Waals surface area contributed by atoms with Crippen LogP contribution >= 0.6 is 0 Å². The predicted molar refractivity (Wildman–Crippen MR) is 133 cm³/mol. The van der Waals surface area contributed by atoms with Crippen LogP contribution in [0, 0.1) is 12.7 Å². The molecule has 0 fully saturated rings. The molecule has 2 heterocycles. The van der Waals surface area contributed by atoms with Crippen molar-refractivity contribution in [1.29, 1.82) is 0 Å². The fourth-order valence-corrected chi connectivity index (χ4v) is 4.02. The van der Waals surface area contributed by atoms with E-state index in [1.54, 1.807) is 25.6 Å². The second-order valence-corrected chi connectivity index (χ2v) is 8.41. The number of carboxylic acids is 1. The van der Waals surface area contributed by atoms with Crippen molar-refractivity contribution >= 4 is 17.8 Å². The molecule has 0 saturated carbocycles. The maximum absolute atomic E-state index is 13.8. The van der Waals surface area contributed by atoms with Crippen LogP contribution in [-0.2, 0) is 24.2 Å². The van der Waals surface area contributed by atoms with Crippen molar-refractivity contribution in [3.8, 4) is 5.69 Å². The number of hydrogen-bond acceptors (Lipinski definition) is 5. The maximum atomic E-state index is 13.8. The Kier molecular flexibility index (Phi) is 7.43. The van der Waals surface area contributed by atoms with Crippen LogP contribution in [0.25, 0.3) is 5.69 Å². The normalized spacial score (nSPS) is 11.8. The van der Waals surface area contributed by atoms with Gasteiger partial charge in [-0.1, -0.05) is 19.1 Å². The molecule has 1 atom stereocenters. The number of hydrogen-bond donors (Lipinski definition) is 4. The van der Waals surface area contributed by atoms with E-state index in [2.05, 4.69) is 25.6 Å². The van der Waals surface area contributed by atoms with Crippen LogP contribution in [-0.4, -0.2) is 42.5 Å². The SMILES string of the molecule is CCc1cc(F)cc(C)c1C(=O)NC(Cc1ccc(-n2cnc(CNc3ncc[nH]3)c2)cc1)C(=O)O. The van der Waals surface area contributed by atoms with Crippen LogP contribution in [0.4, 0.5) is 10.3 Å². The van der Waals surface area contributed by atoms with E-state index < -0.39 is 23.7 Å². The van der Waals surface area contributed by atoms with E-state index in [0.717, 1.165) is 16.9 Å². The molecular weight excluding hydrogens is 463 g/mol. The van der Waals surface area contributed by atoms with Crippen LogP contribution in [0.15, 0.2) is 61.3 Å². The van der Waals surface area contributed by atoms with Gasteiger partial charge in [0.05, 0.1) is 18.6 Å². The number of rotatable bonds is 10. The number of aliphatic carboxylic acids is 1. The van der Waals surface area contributed by atoms with Gasteiger partial charge in [0, 0.05) is 36.3 Å². The summed E-state index contributed by atoms with van der Waals surface area (Å²) in [5, 5.41) is 15.5. The lowest BCUT2D eigenvalue weighted by Crippen LogP contribution is -2.42. The molecule has 9 nitrogen and oxygen atoms in total. The van der Waals surface area contributed by atoms with Crippen molar-refractivity contribution in [2.45, 2.75) is 39.3 Å². The smallest absolute Gasteiger partial charge is 0.326 e. The molecule has 4 aromatic rings. The number of nitrogens with zero attached hydrogens (tertiary/aromatic N) is 3. The number of anilines is 1. The molecule has 0 aliphatic heterocycles. The molecule has 0 bridgehead atoms. The van der Waals surface area contributed by atoms with E-state index >= 15 is 0 Å². The average Bonchev–Trinajstić information content (AvgIpc) is 3.54. The molecule has 36 heavy (non-hydrogen) atoms. The third-order valence-electron chi connectivity index (χ3n) is 5.84. The summed E-state index contributed by atoms with van der Waals surface area (Å²) < 4.78 is 15.6. The Labute approximate surface area is 207 Å². The molecule has 4 N–H and O–H groups in total. The number of halogens is 1. The maximum Gasteiger partial charge on any atom is 0.326 e. The molecule has 2 aromatic carbocycles. The van der Waals surface area contributed by atoms with Crippen LogP contribution in [0.1, 0.15) is 39.7 Å². The minimum Gasteiger partial charge on any atom is -0.480 e. The molecule has 0 radical (unpaired) electrons. The number of carboxylic acid groups (broad SMARTS) is 1. The summed E-state index contributed by atoms with van der Waals surface area (Å²) in [6.45, 7) is 3.96. The van der Waals surface area contributed by atoms with Crippen molar-refractivity contribution in [3.63, 3.8) is 0 Å². The molecule has 4 rings (SSSR count). The molecule has 0 aliphatic rings. The summed E-state index contributed by atoms with van der Waals surface area (Å²) in [4.78, 5) is 36.3. The van der Waals surface area contributed by atoms with Crippen LogP contribution < -0.4 is 10.6 Å². The zero-order valence-corrected chi connectivity index (χ0v) is 20.0. The summed E-state index contributed by atoms with van der Waals surface area (Å²) in [7, 11) is 0. The van der Waals surface area contributed by atoms with E-state index in [-0.39, 0.29) is 6.42 Å². The Morgan fingerprint density at radius 1 is 1.19 bits per heavy atom. The van der Waals surface area contributed by atoms with E-state index in [9.17, 15) is 19.1 Å². The summed E-state index contributed by atoms with van der Waals surface area (Å²) in [5.41, 5.74) is 3.76. The van der Waals surface area contributed by atoms with E-state index in [4.69, 9.17) is 0 Å². The number of carbonyl (C=O) groups excluding carboxylic acids is 1. The molecule has 0 aliphatic carbocycles. The van der Waals surface area contributed by atoms with Gasteiger partial charge in [0.2, 0.25) is 0 Å². The summed E-state index contributed by atoms with van der Waals surface area (Å²) in [6, 6.07) is 8.81. The van der Waals surface area contributed by atoms with Gasteiger partial charge in [0.1, 0.15) is 11.9 Å². The fraction of sp³-hybridized carbons (Fsp3) is 0.231. The minimum absolute atomic E-state index is 0.102. The van der Waals surface area contributed by atoms with E-state index in [1.165, 1.54) is 12.1 Å². The first-order chi connectivity index (χ1) is 17.3. The summed E-state index contributed by atoms with van der Waals surface area (Å²) in [5.74, 6) is -1.43. The quantitative estimate of drug-likeness (QED) is 0.269. The van der Waals surface area contributed by atoms with Gasteiger partial charge in [-0.25, -0.2) is 19.2 Å².